The molecule has 2 rings (SSSR count). The van der Waals surface area contributed by atoms with Crippen molar-refractivity contribution in [1.29, 1.82) is 0 Å². The molecule has 2 aromatic rings. The standard InChI is InChI=1S/C17H22N4O3/c1-23-11-5-10-18-16-9-8-14(20-21-16)17(22)19-12-13-6-3-4-7-15(13)24-2/h3-4,6-9H,5,10-12H2,1-2H3,(H,18,21)(H,19,22). The molecule has 0 atom stereocenters. The van der Waals surface area contributed by atoms with Crippen LogP contribution in [0.3, 0.4) is 0 Å². The van der Waals surface area contributed by atoms with Gasteiger partial charge in [-0.05, 0) is 24.6 Å². The van der Waals surface area contributed by atoms with E-state index in [9.17, 15) is 4.79 Å². The molecule has 0 unspecified atom stereocenters. The zero-order valence-corrected chi connectivity index (χ0v) is 13.9. The minimum absolute atomic E-state index is 0.271. The fourth-order valence-corrected chi connectivity index (χ4v) is 2.10. The predicted molar refractivity (Wildman–Crippen MR) is 91.2 cm³/mol. The van der Waals surface area contributed by atoms with Gasteiger partial charge in [0.25, 0.3) is 5.91 Å². The van der Waals surface area contributed by atoms with Gasteiger partial charge in [-0.1, -0.05) is 18.2 Å². The van der Waals surface area contributed by atoms with Crippen molar-refractivity contribution in [3.05, 3.63) is 47.7 Å². The highest BCUT2D eigenvalue weighted by molar-refractivity contribution is 5.92. The van der Waals surface area contributed by atoms with Crippen molar-refractivity contribution in [2.24, 2.45) is 0 Å². The molecule has 0 saturated carbocycles. The Labute approximate surface area is 141 Å². The molecule has 1 aromatic heterocycles. The molecule has 1 amide bonds. The average Bonchev–Trinajstić information content (AvgIpc) is 2.64. The molecule has 0 aliphatic rings. The van der Waals surface area contributed by atoms with E-state index in [4.69, 9.17) is 9.47 Å². The molecular weight excluding hydrogens is 308 g/mol. The second-order valence-corrected chi connectivity index (χ2v) is 5.07. The normalized spacial score (nSPS) is 10.2. The number of para-hydroxylation sites is 1. The number of carbonyl (C=O) groups is 1. The van der Waals surface area contributed by atoms with Crippen LogP contribution in [0.2, 0.25) is 0 Å². The molecule has 0 bridgehead atoms. The summed E-state index contributed by atoms with van der Waals surface area (Å²) in [6, 6.07) is 10.9. The van der Waals surface area contributed by atoms with E-state index in [1.165, 1.54) is 0 Å². The SMILES string of the molecule is COCCCNc1ccc(C(=O)NCc2ccccc2OC)nn1. The van der Waals surface area contributed by atoms with Crippen molar-refractivity contribution in [1.82, 2.24) is 15.5 Å². The van der Waals surface area contributed by atoms with Gasteiger partial charge in [-0.3, -0.25) is 4.79 Å². The molecule has 0 fully saturated rings. The van der Waals surface area contributed by atoms with Crippen molar-refractivity contribution in [2.45, 2.75) is 13.0 Å². The second kappa shape index (κ2) is 9.46. The number of benzene rings is 1. The summed E-state index contributed by atoms with van der Waals surface area (Å²) >= 11 is 0. The number of hydrogen-bond acceptors (Lipinski definition) is 6. The van der Waals surface area contributed by atoms with Gasteiger partial charge in [0.2, 0.25) is 0 Å². The molecule has 0 aliphatic heterocycles. The zero-order chi connectivity index (χ0) is 17.2. The topological polar surface area (TPSA) is 85.4 Å². The fourth-order valence-electron chi connectivity index (χ4n) is 2.10. The van der Waals surface area contributed by atoms with Gasteiger partial charge in [0.15, 0.2) is 5.69 Å². The van der Waals surface area contributed by atoms with E-state index in [0.29, 0.717) is 19.0 Å². The van der Waals surface area contributed by atoms with Crippen LogP contribution in [0.15, 0.2) is 36.4 Å². The van der Waals surface area contributed by atoms with Crippen LogP contribution in [0.4, 0.5) is 5.82 Å². The number of ether oxygens (including phenoxy) is 2. The maximum absolute atomic E-state index is 12.1. The maximum Gasteiger partial charge on any atom is 0.272 e. The van der Waals surface area contributed by atoms with Gasteiger partial charge >= 0.3 is 0 Å². The lowest BCUT2D eigenvalue weighted by Gasteiger charge is -2.09. The van der Waals surface area contributed by atoms with Crippen molar-refractivity contribution in [2.75, 3.05) is 32.7 Å². The summed E-state index contributed by atoms with van der Waals surface area (Å²) in [5, 5.41) is 13.9. The van der Waals surface area contributed by atoms with Gasteiger partial charge in [0, 0.05) is 32.4 Å². The lowest BCUT2D eigenvalue weighted by atomic mass is 10.2. The molecule has 7 heteroatoms. The molecule has 0 saturated heterocycles. The minimum atomic E-state index is -0.278. The summed E-state index contributed by atoms with van der Waals surface area (Å²) in [6.45, 7) is 1.78. The third-order valence-electron chi connectivity index (χ3n) is 3.36. The van der Waals surface area contributed by atoms with Crippen LogP contribution in [0.25, 0.3) is 0 Å². The largest absolute Gasteiger partial charge is 0.496 e. The molecule has 0 radical (unpaired) electrons. The molecule has 7 nitrogen and oxygen atoms in total. The van der Waals surface area contributed by atoms with Crippen LogP contribution in [0.5, 0.6) is 5.75 Å². The Morgan fingerprint density at radius 2 is 1.96 bits per heavy atom. The van der Waals surface area contributed by atoms with Gasteiger partial charge in [-0.2, -0.15) is 0 Å². The summed E-state index contributed by atoms with van der Waals surface area (Å²) in [6.07, 6.45) is 0.874. The lowest BCUT2D eigenvalue weighted by molar-refractivity contribution is 0.0944. The first-order valence-electron chi connectivity index (χ1n) is 7.71. The van der Waals surface area contributed by atoms with Gasteiger partial charge < -0.3 is 20.1 Å². The highest BCUT2D eigenvalue weighted by Gasteiger charge is 2.09. The van der Waals surface area contributed by atoms with E-state index in [-0.39, 0.29) is 11.6 Å². The number of aromatic nitrogens is 2. The number of hydrogen-bond donors (Lipinski definition) is 2. The van der Waals surface area contributed by atoms with Gasteiger partial charge in [0.1, 0.15) is 11.6 Å². The Morgan fingerprint density at radius 3 is 2.67 bits per heavy atom. The van der Waals surface area contributed by atoms with Crippen molar-refractivity contribution < 1.29 is 14.3 Å². The van der Waals surface area contributed by atoms with Gasteiger partial charge in [0.05, 0.1) is 7.11 Å². The van der Waals surface area contributed by atoms with Crippen molar-refractivity contribution >= 4 is 11.7 Å². The highest BCUT2D eigenvalue weighted by atomic mass is 16.5. The average molecular weight is 330 g/mol. The number of nitrogens with one attached hydrogen (secondary N) is 2. The number of nitrogens with zero attached hydrogens (tertiary/aromatic N) is 2. The maximum atomic E-state index is 12.1. The molecule has 24 heavy (non-hydrogen) atoms. The molecule has 128 valence electrons. The monoisotopic (exact) mass is 330 g/mol. The molecule has 0 aliphatic carbocycles. The Balaban J connectivity index is 1.86. The highest BCUT2D eigenvalue weighted by Crippen LogP contribution is 2.16. The van der Waals surface area contributed by atoms with Crippen LogP contribution >= 0.6 is 0 Å². The Bertz CT molecular complexity index is 647. The summed E-state index contributed by atoms with van der Waals surface area (Å²) in [5.74, 6) is 1.09. The van der Waals surface area contributed by atoms with Gasteiger partial charge in [-0.25, -0.2) is 0 Å². The summed E-state index contributed by atoms with van der Waals surface area (Å²) in [5.41, 5.74) is 1.17. The van der Waals surface area contributed by atoms with Crippen LogP contribution in [-0.2, 0) is 11.3 Å². The van der Waals surface area contributed by atoms with Crippen LogP contribution < -0.4 is 15.4 Å². The first-order chi connectivity index (χ1) is 11.7. The van der Waals surface area contributed by atoms with Crippen molar-refractivity contribution in [3.63, 3.8) is 0 Å². The Kier molecular flexibility index (Phi) is 6.97. The molecule has 2 N–H and O–H groups in total. The number of amides is 1. The quantitative estimate of drug-likeness (QED) is 0.683. The van der Waals surface area contributed by atoms with E-state index in [1.807, 2.05) is 24.3 Å². The Hall–Kier alpha value is -2.67. The third-order valence-corrected chi connectivity index (χ3v) is 3.36. The van der Waals surface area contributed by atoms with E-state index >= 15 is 0 Å². The van der Waals surface area contributed by atoms with Crippen molar-refractivity contribution in [3.8, 4) is 5.75 Å². The smallest absolute Gasteiger partial charge is 0.272 e. The predicted octanol–water partition coefficient (Wildman–Crippen LogP) is 1.86. The number of anilines is 1. The Morgan fingerprint density at radius 1 is 1.12 bits per heavy atom. The van der Waals surface area contributed by atoms with E-state index in [2.05, 4.69) is 20.8 Å². The van der Waals surface area contributed by atoms with E-state index in [1.54, 1.807) is 26.4 Å². The minimum Gasteiger partial charge on any atom is -0.496 e. The second-order valence-electron chi connectivity index (χ2n) is 5.07. The van der Waals surface area contributed by atoms with E-state index in [0.717, 1.165) is 24.3 Å². The fraction of sp³-hybridized carbons (Fsp3) is 0.353. The molecule has 1 heterocycles. The number of rotatable bonds is 9. The summed E-state index contributed by atoms with van der Waals surface area (Å²) in [4.78, 5) is 12.1. The third kappa shape index (κ3) is 5.20. The molecule has 1 aromatic carbocycles. The lowest BCUT2D eigenvalue weighted by Crippen LogP contribution is -2.24. The van der Waals surface area contributed by atoms with Crippen LogP contribution in [0, 0.1) is 0 Å². The summed E-state index contributed by atoms with van der Waals surface area (Å²) in [7, 11) is 3.27. The van der Waals surface area contributed by atoms with Crippen LogP contribution in [0.1, 0.15) is 22.5 Å². The number of carbonyl (C=O) groups excluding carboxylic acids is 1. The first-order valence-corrected chi connectivity index (χ1v) is 7.71. The van der Waals surface area contributed by atoms with Crippen LogP contribution in [-0.4, -0.2) is 43.5 Å². The molecule has 0 spiro atoms. The first kappa shape index (κ1) is 17.7. The molecular formula is C17H22N4O3. The summed E-state index contributed by atoms with van der Waals surface area (Å²) < 4.78 is 10.2. The number of methoxy groups -OCH3 is 2. The van der Waals surface area contributed by atoms with Gasteiger partial charge in [-0.15, -0.1) is 10.2 Å². The zero-order valence-electron chi connectivity index (χ0n) is 13.9. The van der Waals surface area contributed by atoms with E-state index < -0.39 is 0 Å².